The molecule has 3 N–H and O–H groups in total. The van der Waals surface area contributed by atoms with Crippen LogP contribution < -0.4 is 15.4 Å². The molecular formula is C33H37N3O6. The maximum Gasteiger partial charge on any atom is 0.411 e. The Hall–Kier alpha value is -3.92. The van der Waals surface area contributed by atoms with Crippen LogP contribution in [0.25, 0.3) is 11.1 Å². The molecule has 3 aliphatic heterocycles. The van der Waals surface area contributed by atoms with Crippen LogP contribution in [-0.4, -0.2) is 66.6 Å². The summed E-state index contributed by atoms with van der Waals surface area (Å²) >= 11 is 0. The van der Waals surface area contributed by atoms with Gasteiger partial charge in [0.05, 0.1) is 25.1 Å². The van der Waals surface area contributed by atoms with E-state index in [0.29, 0.717) is 54.0 Å². The number of nitrogens with zero attached hydrogens (tertiary/aromatic N) is 1. The lowest BCUT2D eigenvalue weighted by Gasteiger charge is -2.37. The highest BCUT2D eigenvalue weighted by Gasteiger charge is 2.62. The molecule has 9 heteroatoms. The number of fused-ring (bicyclic) bond motifs is 5. The summed E-state index contributed by atoms with van der Waals surface area (Å²) in [7, 11) is 3.66. The Morgan fingerprint density at radius 3 is 2.40 bits per heavy atom. The van der Waals surface area contributed by atoms with Crippen LogP contribution in [0, 0.1) is 0 Å². The second kappa shape index (κ2) is 12.1. The molecule has 2 bridgehead atoms. The largest absolute Gasteiger partial charge is 0.495 e. The normalized spacial score (nSPS) is 24.0. The van der Waals surface area contributed by atoms with E-state index in [1.54, 1.807) is 18.2 Å². The minimum absolute atomic E-state index is 0.0996. The molecule has 0 aromatic heterocycles. The van der Waals surface area contributed by atoms with Gasteiger partial charge in [-0.25, -0.2) is 4.79 Å². The van der Waals surface area contributed by atoms with Crippen LogP contribution in [0.1, 0.15) is 36.8 Å². The lowest BCUT2D eigenvalue weighted by molar-refractivity contribution is -0.116. The molecule has 9 nitrogen and oxygen atoms in total. The topological polar surface area (TPSA) is 113 Å². The summed E-state index contributed by atoms with van der Waals surface area (Å²) in [6, 6.07) is 21.8. The first kappa shape index (κ1) is 28.2. The SMILES string of the molecule is COc1cc(CO)ccc1NC(=O)CCCc1ccc(-c2ccccc2)c(NC(=O)OC2C[C@H]3[C@@H]4O[C@@H]4[C@H](C2)N3C)c1. The molecule has 5 atom stereocenters. The van der Waals surface area contributed by atoms with Gasteiger partial charge in [-0.2, -0.15) is 0 Å². The van der Waals surface area contributed by atoms with Gasteiger partial charge < -0.3 is 24.6 Å². The molecule has 3 saturated heterocycles. The number of nitrogens with one attached hydrogen (secondary N) is 2. The van der Waals surface area contributed by atoms with E-state index >= 15 is 0 Å². The molecule has 3 aromatic rings. The third kappa shape index (κ3) is 5.99. The number of aryl methyl sites for hydroxylation is 1. The van der Waals surface area contributed by atoms with E-state index in [9.17, 15) is 14.7 Å². The maximum absolute atomic E-state index is 13.1. The minimum Gasteiger partial charge on any atom is -0.495 e. The van der Waals surface area contributed by atoms with E-state index in [0.717, 1.165) is 29.5 Å². The third-order valence-corrected chi connectivity index (χ3v) is 8.65. The fourth-order valence-electron chi connectivity index (χ4n) is 6.41. The number of carbonyl (C=O) groups is 2. The predicted octanol–water partition coefficient (Wildman–Crippen LogP) is 4.98. The van der Waals surface area contributed by atoms with Crippen molar-refractivity contribution >= 4 is 23.4 Å². The molecule has 0 radical (unpaired) electrons. The summed E-state index contributed by atoms with van der Waals surface area (Å²) in [5.74, 6) is 0.384. The number of epoxide rings is 1. The van der Waals surface area contributed by atoms with E-state index in [1.165, 1.54) is 7.11 Å². The number of hydrogen-bond acceptors (Lipinski definition) is 7. The van der Waals surface area contributed by atoms with Crippen LogP contribution in [0.3, 0.4) is 0 Å². The highest BCUT2D eigenvalue weighted by molar-refractivity contribution is 5.93. The standard InChI is InChI=1S/C33H37N3O6/c1-36-27-17-23(18-28(36)32-31(27)42-32)41-33(39)35-26-15-20(11-13-24(26)22-8-4-3-5-9-22)7-6-10-30(38)34-25-14-12-21(19-37)16-29(25)40-2/h3-5,8-9,11-16,23,27-28,31-32,37H,6-7,10,17-19H2,1-2H3,(H,34,38)(H,35,39)/t23?,27-,28-,31-,32+/m0/s1. The number of aliphatic hydroxyl groups excluding tert-OH is 1. The van der Waals surface area contributed by atoms with E-state index in [4.69, 9.17) is 14.2 Å². The van der Waals surface area contributed by atoms with Gasteiger partial charge in [-0.1, -0.05) is 48.5 Å². The van der Waals surface area contributed by atoms with Gasteiger partial charge in [0.1, 0.15) is 24.1 Å². The van der Waals surface area contributed by atoms with Gasteiger partial charge in [-0.05, 0) is 54.8 Å². The zero-order valence-electron chi connectivity index (χ0n) is 23.9. The Morgan fingerprint density at radius 2 is 1.69 bits per heavy atom. The number of amides is 2. The van der Waals surface area contributed by atoms with Gasteiger partial charge in [0.15, 0.2) is 0 Å². The lowest BCUT2D eigenvalue weighted by Crippen LogP contribution is -2.48. The summed E-state index contributed by atoms with van der Waals surface area (Å²) in [6.45, 7) is -0.0996. The van der Waals surface area contributed by atoms with Gasteiger partial charge in [-0.15, -0.1) is 0 Å². The number of methoxy groups -OCH3 is 1. The summed E-state index contributed by atoms with van der Waals surface area (Å²) < 4.78 is 17.0. The number of benzene rings is 3. The Kier molecular flexibility index (Phi) is 8.15. The van der Waals surface area contributed by atoms with Gasteiger partial charge in [0.25, 0.3) is 0 Å². The van der Waals surface area contributed by atoms with Crippen molar-refractivity contribution < 1.29 is 28.9 Å². The first-order chi connectivity index (χ1) is 20.4. The maximum atomic E-state index is 13.1. The molecule has 1 unspecified atom stereocenters. The first-order valence-corrected chi connectivity index (χ1v) is 14.5. The molecule has 220 valence electrons. The highest BCUT2D eigenvalue weighted by atomic mass is 16.6. The molecule has 42 heavy (non-hydrogen) atoms. The molecule has 0 aliphatic carbocycles. The molecule has 2 amide bonds. The fraction of sp³-hybridized carbons (Fsp3) is 0.394. The van der Waals surface area contributed by atoms with Crippen LogP contribution in [0.5, 0.6) is 5.75 Å². The second-order valence-corrected chi connectivity index (χ2v) is 11.3. The van der Waals surface area contributed by atoms with Gasteiger partial charge in [0, 0.05) is 36.9 Å². The summed E-state index contributed by atoms with van der Waals surface area (Å²) in [5.41, 5.74) is 4.88. The molecule has 3 fully saturated rings. The number of carbonyl (C=O) groups excluding carboxylic acids is 2. The highest BCUT2D eigenvalue weighted by Crippen LogP contribution is 2.48. The minimum atomic E-state index is -0.451. The van der Waals surface area contributed by atoms with Crippen molar-refractivity contribution in [3.05, 3.63) is 77.9 Å². The van der Waals surface area contributed by atoms with Crippen molar-refractivity contribution in [3.8, 4) is 16.9 Å². The van der Waals surface area contributed by atoms with Crippen LogP contribution in [0.15, 0.2) is 66.7 Å². The summed E-state index contributed by atoms with van der Waals surface area (Å²) in [5, 5.41) is 15.3. The summed E-state index contributed by atoms with van der Waals surface area (Å²) in [4.78, 5) is 28.1. The van der Waals surface area contributed by atoms with E-state index < -0.39 is 6.09 Å². The quantitative estimate of drug-likeness (QED) is 0.294. The third-order valence-electron chi connectivity index (χ3n) is 8.65. The predicted molar refractivity (Wildman–Crippen MR) is 159 cm³/mol. The van der Waals surface area contributed by atoms with Gasteiger partial charge in [0.2, 0.25) is 5.91 Å². The lowest BCUT2D eigenvalue weighted by atomic mass is 9.99. The molecule has 0 spiro atoms. The molecule has 3 aromatic carbocycles. The Bertz CT molecular complexity index is 1430. The van der Waals surface area contributed by atoms with Crippen LogP contribution >= 0.6 is 0 Å². The van der Waals surface area contributed by atoms with Gasteiger partial charge >= 0.3 is 6.09 Å². The molecule has 6 rings (SSSR count). The fourth-order valence-corrected chi connectivity index (χ4v) is 6.41. The molecule has 3 aliphatic rings. The molecule has 0 saturated carbocycles. The number of aliphatic hydroxyl groups is 1. The second-order valence-electron chi connectivity index (χ2n) is 11.3. The van der Waals surface area contributed by atoms with E-state index in [-0.39, 0.29) is 30.8 Å². The van der Waals surface area contributed by atoms with Crippen LogP contribution in [-0.2, 0) is 27.3 Å². The Morgan fingerprint density at radius 1 is 0.952 bits per heavy atom. The average Bonchev–Trinajstić information content (AvgIpc) is 3.76. The number of morpholine rings is 1. The van der Waals surface area contributed by atoms with Crippen LogP contribution in [0.2, 0.25) is 0 Å². The Labute approximate surface area is 245 Å². The Balaban J connectivity index is 1.09. The number of likely N-dealkylation sites (N-methyl/N-ethyl adjacent to an activating group) is 1. The average molecular weight is 572 g/mol. The number of hydrogen-bond donors (Lipinski definition) is 3. The van der Waals surface area contributed by atoms with E-state index in [2.05, 4.69) is 22.6 Å². The van der Waals surface area contributed by atoms with Crippen molar-refractivity contribution in [1.82, 2.24) is 4.90 Å². The molecule has 3 heterocycles. The molecular weight excluding hydrogens is 534 g/mol. The van der Waals surface area contributed by atoms with E-state index in [1.807, 2.05) is 48.5 Å². The van der Waals surface area contributed by atoms with Crippen molar-refractivity contribution in [2.24, 2.45) is 0 Å². The smallest absolute Gasteiger partial charge is 0.411 e. The monoisotopic (exact) mass is 571 g/mol. The summed E-state index contributed by atoms with van der Waals surface area (Å²) in [6.07, 6.45) is 3.16. The van der Waals surface area contributed by atoms with Gasteiger partial charge in [-0.3, -0.25) is 15.0 Å². The van der Waals surface area contributed by atoms with Crippen molar-refractivity contribution in [1.29, 1.82) is 0 Å². The van der Waals surface area contributed by atoms with Crippen molar-refractivity contribution in [2.45, 2.75) is 69.1 Å². The zero-order valence-corrected chi connectivity index (χ0v) is 23.9. The zero-order chi connectivity index (χ0) is 29.2. The first-order valence-electron chi connectivity index (χ1n) is 14.5. The van der Waals surface area contributed by atoms with Crippen molar-refractivity contribution in [2.75, 3.05) is 24.8 Å². The number of rotatable bonds is 10. The van der Waals surface area contributed by atoms with Crippen molar-refractivity contribution in [3.63, 3.8) is 0 Å². The number of ether oxygens (including phenoxy) is 3. The van der Waals surface area contributed by atoms with Crippen LogP contribution in [0.4, 0.5) is 16.2 Å². The number of anilines is 2. The number of piperidine rings is 1.